The van der Waals surface area contributed by atoms with Crippen molar-refractivity contribution in [1.29, 1.82) is 0 Å². The normalized spacial score (nSPS) is 10.6. The van der Waals surface area contributed by atoms with Crippen LogP contribution < -0.4 is 4.74 Å². The lowest BCUT2D eigenvalue weighted by Gasteiger charge is -2.04. The molecule has 0 saturated heterocycles. The fourth-order valence-electron chi connectivity index (χ4n) is 2.32. The minimum atomic E-state index is -0.368. The Morgan fingerprint density at radius 2 is 1.96 bits per heavy atom. The highest BCUT2D eigenvalue weighted by Crippen LogP contribution is 2.21. The molecule has 0 unspecified atom stereocenters. The van der Waals surface area contributed by atoms with E-state index in [1.165, 1.54) is 0 Å². The van der Waals surface area contributed by atoms with Crippen LogP contribution in [-0.4, -0.2) is 35.1 Å². The van der Waals surface area contributed by atoms with Crippen molar-refractivity contribution in [2.24, 2.45) is 0 Å². The predicted octanol–water partition coefficient (Wildman–Crippen LogP) is 4.23. The SMILES string of the molecule is CCOC(=O)c1cccc(-c2nnc(CSCCOc3ccccc3)o2)c1. The molecular formula is C20H20N2O4S. The molecule has 0 saturated carbocycles. The molecule has 0 bridgehead atoms. The monoisotopic (exact) mass is 384 g/mol. The summed E-state index contributed by atoms with van der Waals surface area (Å²) < 4.78 is 16.3. The van der Waals surface area contributed by atoms with Crippen LogP contribution in [0.2, 0.25) is 0 Å². The van der Waals surface area contributed by atoms with E-state index >= 15 is 0 Å². The van der Waals surface area contributed by atoms with Crippen LogP contribution >= 0.6 is 11.8 Å². The van der Waals surface area contributed by atoms with Crippen molar-refractivity contribution in [2.75, 3.05) is 19.0 Å². The molecule has 6 nitrogen and oxygen atoms in total. The van der Waals surface area contributed by atoms with Gasteiger partial charge >= 0.3 is 5.97 Å². The molecule has 2 aromatic carbocycles. The standard InChI is InChI=1S/C20H20N2O4S/c1-2-24-20(23)16-8-6-7-15(13-16)19-22-21-18(26-19)14-27-12-11-25-17-9-4-3-5-10-17/h3-10,13H,2,11-12,14H2,1H3. The van der Waals surface area contributed by atoms with E-state index in [9.17, 15) is 4.79 Å². The number of hydrogen-bond donors (Lipinski definition) is 0. The zero-order valence-electron chi connectivity index (χ0n) is 15.0. The van der Waals surface area contributed by atoms with Crippen molar-refractivity contribution in [3.05, 3.63) is 66.1 Å². The highest BCUT2D eigenvalue weighted by molar-refractivity contribution is 7.98. The third-order valence-electron chi connectivity index (χ3n) is 3.55. The van der Waals surface area contributed by atoms with Crippen LogP contribution in [0.25, 0.3) is 11.5 Å². The molecule has 0 atom stereocenters. The molecule has 1 aromatic heterocycles. The highest BCUT2D eigenvalue weighted by atomic mass is 32.2. The number of aromatic nitrogens is 2. The Morgan fingerprint density at radius 3 is 2.78 bits per heavy atom. The summed E-state index contributed by atoms with van der Waals surface area (Å²) in [5.41, 5.74) is 1.15. The summed E-state index contributed by atoms with van der Waals surface area (Å²) >= 11 is 1.65. The average Bonchev–Trinajstić information content (AvgIpc) is 3.18. The van der Waals surface area contributed by atoms with E-state index in [0.29, 0.717) is 41.9 Å². The van der Waals surface area contributed by atoms with Crippen molar-refractivity contribution >= 4 is 17.7 Å². The Labute approximate surface area is 161 Å². The summed E-state index contributed by atoms with van der Waals surface area (Å²) in [5, 5.41) is 8.13. The van der Waals surface area contributed by atoms with E-state index in [1.807, 2.05) is 36.4 Å². The largest absolute Gasteiger partial charge is 0.493 e. The maximum Gasteiger partial charge on any atom is 0.338 e. The summed E-state index contributed by atoms with van der Waals surface area (Å²) in [6.07, 6.45) is 0. The Morgan fingerprint density at radius 1 is 1.11 bits per heavy atom. The number of carbonyl (C=O) groups excluding carboxylic acids is 1. The third kappa shape index (κ3) is 5.59. The second-order valence-electron chi connectivity index (χ2n) is 5.52. The summed E-state index contributed by atoms with van der Waals surface area (Å²) in [6, 6.07) is 16.7. The van der Waals surface area contributed by atoms with Crippen molar-refractivity contribution in [3.63, 3.8) is 0 Å². The van der Waals surface area contributed by atoms with E-state index in [2.05, 4.69) is 10.2 Å². The number of ether oxygens (including phenoxy) is 2. The molecule has 0 fully saturated rings. The number of carbonyl (C=O) groups is 1. The lowest BCUT2D eigenvalue weighted by molar-refractivity contribution is 0.0526. The molecule has 7 heteroatoms. The summed E-state index contributed by atoms with van der Waals surface area (Å²) in [7, 11) is 0. The fraction of sp³-hybridized carbons (Fsp3) is 0.250. The second kappa shape index (κ2) is 9.78. The molecule has 140 valence electrons. The lowest BCUT2D eigenvalue weighted by atomic mass is 10.1. The highest BCUT2D eigenvalue weighted by Gasteiger charge is 2.12. The van der Waals surface area contributed by atoms with Gasteiger partial charge in [0.2, 0.25) is 11.8 Å². The molecule has 1 heterocycles. The van der Waals surface area contributed by atoms with Crippen LogP contribution in [0, 0.1) is 0 Å². The van der Waals surface area contributed by atoms with Gasteiger partial charge in [-0.3, -0.25) is 0 Å². The Bertz CT molecular complexity index is 867. The van der Waals surface area contributed by atoms with Crippen LogP contribution in [0.4, 0.5) is 0 Å². The van der Waals surface area contributed by atoms with Crippen LogP contribution in [0.5, 0.6) is 5.75 Å². The van der Waals surface area contributed by atoms with Gasteiger partial charge in [-0.15, -0.1) is 22.0 Å². The van der Waals surface area contributed by atoms with Gasteiger partial charge in [-0.2, -0.15) is 0 Å². The molecule has 0 radical (unpaired) electrons. The summed E-state index contributed by atoms with van der Waals surface area (Å²) in [6.45, 7) is 2.71. The number of para-hydroxylation sites is 1. The van der Waals surface area contributed by atoms with Crippen molar-refractivity contribution < 1.29 is 18.7 Å². The van der Waals surface area contributed by atoms with Gasteiger partial charge in [-0.1, -0.05) is 24.3 Å². The number of esters is 1. The van der Waals surface area contributed by atoms with Gasteiger partial charge in [0.25, 0.3) is 0 Å². The molecule has 3 aromatic rings. The third-order valence-corrected chi connectivity index (χ3v) is 4.46. The van der Waals surface area contributed by atoms with Crippen molar-refractivity contribution in [2.45, 2.75) is 12.7 Å². The average molecular weight is 384 g/mol. The first-order chi connectivity index (χ1) is 13.3. The lowest BCUT2D eigenvalue weighted by Crippen LogP contribution is -2.04. The molecule has 3 rings (SSSR count). The molecule has 0 aliphatic rings. The summed E-state index contributed by atoms with van der Waals surface area (Å²) in [5.74, 6) is 2.83. The number of rotatable bonds is 9. The topological polar surface area (TPSA) is 74.5 Å². The van der Waals surface area contributed by atoms with E-state index in [0.717, 1.165) is 11.5 Å². The minimum Gasteiger partial charge on any atom is -0.493 e. The molecule has 0 spiro atoms. The molecule has 0 aliphatic carbocycles. The first-order valence-corrected chi connectivity index (χ1v) is 9.77. The minimum absolute atomic E-state index is 0.332. The maximum absolute atomic E-state index is 11.8. The predicted molar refractivity (Wildman–Crippen MR) is 104 cm³/mol. The van der Waals surface area contributed by atoms with Crippen LogP contribution in [0.3, 0.4) is 0 Å². The Hall–Kier alpha value is -2.80. The second-order valence-corrected chi connectivity index (χ2v) is 6.62. The van der Waals surface area contributed by atoms with E-state index < -0.39 is 0 Å². The summed E-state index contributed by atoms with van der Waals surface area (Å²) in [4.78, 5) is 11.8. The molecule has 0 amide bonds. The van der Waals surface area contributed by atoms with Gasteiger partial charge in [-0.25, -0.2) is 4.79 Å². The van der Waals surface area contributed by atoms with Gasteiger partial charge in [0, 0.05) is 11.3 Å². The van der Waals surface area contributed by atoms with Gasteiger partial charge in [0.15, 0.2) is 0 Å². The fourth-order valence-corrected chi connectivity index (χ4v) is 2.95. The van der Waals surface area contributed by atoms with Gasteiger partial charge in [0.1, 0.15) is 5.75 Å². The van der Waals surface area contributed by atoms with Gasteiger partial charge < -0.3 is 13.9 Å². The van der Waals surface area contributed by atoms with Gasteiger partial charge in [0.05, 0.1) is 24.5 Å². The van der Waals surface area contributed by atoms with E-state index in [-0.39, 0.29) is 5.97 Å². The van der Waals surface area contributed by atoms with Crippen LogP contribution in [0.1, 0.15) is 23.2 Å². The van der Waals surface area contributed by atoms with Gasteiger partial charge in [-0.05, 0) is 37.3 Å². The number of hydrogen-bond acceptors (Lipinski definition) is 7. The number of benzene rings is 2. The Balaban J connectivity index is 1.50. The van der Waals surface area contributed by atoms with E-state index in [1.54, 1.807) is 36.9 Å². The number of thioether (sulfide) groups is 1. The first kappa shape index (κ1) is 19.0. The van der Waals surface area contributed by atoms with Crippen molar-refractivity contribution in [3.8, 4) is 17.2 Å². The van der Waals surface area contributed by atoms with Crippen LogP contribution in [-0.2, 0) is 10.5 Å². The molecule has 27 heavy (non-hydrogen) atoms. The zero-order valence-corrected chi connectivity index (χ0v) is 15.8. The zero-order chi connectivity index (χ0) is 18.9. The van der Waals surface area contributed by atoms with E-state index in [4.69, 9.17) is 13.9 Å². The molecule has 0 N–H and O–H groups in total. The van der Waals surface area contributed by atoms with Crippen molar-refractivity contribution in [1.82, 2.24) is 10.2 Å². The molecule has 0 aliphatic heterocycles. The smallest absolute Gasteiger partial charge is 0.338 e. The Kier molecular flexibility index (Phi) is 6.87. The molecular weight excluding hydrogens is 364 g/mol. The number of nitrogens with zero attached hydrogens (tertiary/aromatic N) is 2. The first-order valence-electron chi connectivity index (χ1n) is 8.62. The maximum atomic E-state index is 11.8. The quantitative estimate of drug-likeness (QED) is 0.404. The van der Waals surface area contributed by atoms with Crippen LogP contribution in [0.15, 0.2) is 59.0 Å².